The van der Waals surface area contributed by atoms with E-state index in [2.05, 4.69) is 36.6 Å². The molecule has 3 aromatic rings. The van der Waals surface area contributed by atoms with Crippen LogP contribution in [0.1, 0.15) is 47.6 Å². The van der Waals surface area contributed by atoms with Crippen LogP contribution in [0.25, 0.3) is 11.0 Å². The van der Waals surface area contributed by atoms with Crippen molar-refractivity contribution in [3.63, 3.8) is 0 Å². The number of hydrogen-bond donors (Lipinski definition) is 0. The normalized spacial score (nSPS) is 11.1. The fourth-order valence-corrected chi connectivity index (χ4v) is 3.17. The van der Waals surface area contributed by atoms with Gasteiger partial charge in [0.15, 0.2) is 5.78 Å². The molecular weight excluding hydrogens is 296 g/mol. The van der Waals surface area contributed by atoms with Crippen molar-refractivity contribution >= 4 is 16.8 Å². The SMILES string of the molecule is CCc1ccc2nc(CCC(=O)c3cccc(C)c3)n(CC)c2c1. The average molecular weight is 320 g/mol. The Morgan fingerprint density at radius 3 is 2.67 bits per heavy atom. The van der Waals surface area contributed by atoms with Crippen molar-refractivity contribution in [2.45, 2.75) is 46.6 Å². The van der Waals surface area contributed by atoms with Crippen LogP contribution in [0.2, 0.25) is 0 Å². The van der Waals surface area contributed by atoms with Gasteiger partial charge in [-0.1, -0.05) is 36.8 Å². The zero-order valence-corrected chi connectivity index (χ0v) is 14.7. The maximum Gasteiger partial charge on any atom is 0.163 e. The molecule has 0 unspecified atom stereocenters. The molecule has 0 aliphatic rings. The summed E-state index contributed by atoms with van der Waals surface area (Å²) < 4.78 is 2.23. The maximum atomic E-state index is 12.4. The lowest BCUT2D eigenvalue weighted by molar-refractivity contribution is 0.0982. The molecule has 2 aromatic carbocycles. The molecule has 0 bridgehead atoms. The van der Waals surface area contributed by atoms with E-state index in [-0.39, 0.29) is 5.78 Å². The van der Waals surface area contributed by atoms with Crippen molar-refractivity contribution in [3.05, 3.63) is 65.0 Å². The van der Waals surface area contributed by atoms with E-state index in [0.29, 0.717) is 12.8 Å². The first-order valence-corrected chi connectivity index (χ1v) is 8.70. The minimum Gasteiger partial charge on any atom is -0.328 e. The Balaban J connectivity index is 1.83. The van der Waals surface area contributed by atoms with Crippen LogP contribution < -0.4 is 0 Å². The van der Waals surface area contributed by atoms with Gasteiger partial charge in [-0.15, -0.1) is 0 Å². The molecule has 0 radical (unpaired) electrons. The van der Waals surface area contributed by atoms with Gasteiger partial charge < -0.3 is 4.57 Å². The number of aryl methyl sites for hydroxylation is 4. The Bertz CT molecular complexity index is 877. The summed E-state index contributed by atoms with van der Waals surface area (Å²) in [6.45, 7) is 7.18. The topological polar surface area (TPSA) is 34.9 Å². The van der Waals surface area contributed by atoms with Crippen molar-refractivity contribution in [2.75, 3.05) is 0 Å². The molecule has 24 heavy (non-hydrogen) atoms. The van der Waals surface area contributed by atoms with Crippen LogP contribution in [0.4, 0.5) is 0 Å². The zero-order valence-electron chi connectivity index (χ0n) is 14.7. The quantitative estimate of drug-likeness (QED) is 0.615. The fourth-order valence-electron chi connectivity index (χ4n) is 3.17. The summed E-state index contributed by atoms with van der Waals surface area (Å²) in [7, 11) is 0. The summed E-state index contributed by atoms with van der Waals surface area (Å²) in [6, 6.07) is 14.2. The van der Waals surface area contributed by atoms with Gasteiger partial charge in [-0.05, 0) is 44.0 Å². The van der Waals surface area contributed by atoms with Gasteiger partial charge in [-0.2, -0.15) is 0 Å². The minimum absolute atomic E-state index is 0.183. The Kier molecular flexibility index (Phi) is 4.79. The molecule has 0 amide bonds. The summed E-state index contributed by atoms with van der Waals surface area (Å²) in [5, 5.41) is 0. The van der Waals surface area contributed by atoms with Gasteiger partial charge in [0.05, 0.1) is 11.0 Å². The van der Waals surface area contributed by atoms with E-state index >= 15 is 0 Å². The number of benzene rings is 2. The molecule has 3 nitrogen and oxygen atoms in total. The molecule has 0 atom stereocenters. The van der Waals surface area contributed by atoms with Crippen LogP contribution in [0, 0.1) is 6.92 Å². The molecule has 0 aliphatic heterocycles. The van der Waals surface area contributed by atoms with Crippen LogP contribution in [-0.2, 0) is 19.4 Å². The maximum absolute atomic E-state index is 12.4. The number of hydrogen-bond acceptors (Lipinski definition) is 2. The smallest absolute Gasteiger partial charge is 0.163 e. The third-order valence-electron chi connectivity index (χ3n) is 4.53. The third kappa shape index (κ3) is 3.25. The van der Waals surface area contributed by atoms with Crippen molar-refractivity contribution in [1.29, 1.82) is 0 Å². The number of ketones is 1. The van der Waals surface area contributed by atoms with E-state index in [1.807, 2.05) is 31.2 Å². The minimum atomic E-state index is 0.183. The highest BCUT2D eigenvalue weighted by molar-refractivity contribution is 5.96. The number of nitrogens with zero attached hydrogens (tertiary/aromatic N) is 2. The molecule has 1 heterocycles. The van der Waals surface area contributed by atoms with E-state index < -0.39 is 0 Å². The molecule has 0 saturated heterocycles. The monoisotopic (exact) mass is 320 g/mol. The lowest BCUT2D eigenvalue weighted by atomic mass is 10.0. The molecule has 124 valence electrons. The number of carbonyl (C=O) groups is 1. The molecule has 0 N–H and O–H groups in total. The van der Waals surface area contributed by atoms with Gasteiger partial charge in [-0.3, -0.25) is 4.79 Å². The molecule has 0 fully saturated rings. The highest BCUT2D eigenvalue weighted by atomic mass is 16.1. The fraction of sp³-hybridized carbons (Fsp3) is 0.333. The number of Topliss-reactive ketones (excluding diaryl/α,β-unsaturated/α-hetero) is 1. The molecule has 1 aromatic heterocycles. The van der Waals surface area contributed by atoms with Crippen LogP contribution in [0.5, 0.6) is 0 Å². The van der Waals surface area contributed by atoms with Crippen LogP contribution in [0.3, 0.4) is 0 Å². The average Bonchev–Trinajstić information content (AvgIpc) is 2.96. The predicted molar refractivity (Wildman–Crippen MR) is 98.6 cm³/mol. The van der Waals surface area contributed by atoms with Crippen LogP contribution in [-0.4, -0.2) is 15.3 Å². The second-order valence-electron chi connectivity index (χ2n) is 6.24. The largest absolute Gasteiger partial charge is 0.328 e. The second kappa shape index (κ2) is 7.00. The Morgan fingerprint density at radius 2 is 1.96 bits per heavy atom. The highest BCUT2D eigenvalue weighted by Gasteiger charge is 2.13. The zero-order chi connectivity index (χ0) is 17.1. The number of rotatable bonds is 6. The molecule has 0 aliphatic carbocycles. The van der Waals surface area contributed by atoms with E-state index in [1.54, 1.807) is 0 Å². The second-order valence-corrected chi connectivity index (χ2v) is 6.24. The number of imidazole rings is 1. The number of fused-ring (bicyclic) bond motifs is 1. The first-order valence-electron chi connectivity index (χ1n) is 8.70. The number of aromatic nitrogens is 2. The van der Waals surface area contributed by atoms with Crippen molar-refractivity contribution in [3.8, 4) is 0 Å². The highest BCUT2D eigenvalue weighted by Crippen LogP contribution is 2.20. The van der Waals surface area contributed by atoms with Crippen LogP contribution >= 0.6 is 0 Å². The summed E-state index contributed by atoms with van der Waals surface area (Å²) in [4.78, 5) is 17.2. The Labute approximate surface area is 143 Å². The third-order valence-corrected chi connectivity index (χ3v) is 4.53. The summed E-state index contributed by atoms with van der Waals surface area (Å²) in [6.07, 6.45) is 2.19. The lowest BCUT2D eigenvalue weighted by Gasteiger charge is -2.07. The standard InChI is InChI=1S/C21H24N2O/c1-4-16-9-10-18-19(14-16)23(5-2)21(22-18)12-11-20(24)17-8-6-7-15(3)13-17/h6-10,13-14H,4-5,11-12H2,1-3H3. The Morgan fingerprint density at radius 1 is 1.12 bits per heavy atom. The van der Waals surface area contributed by atoms with Gasteiger partial charge in [0.1, 0.15) is 5.82 Å². The Hall–Kier alpha value is -2.42. The lowest BCUT2D eigenvalue weighted by Crippen LogP contribution is -2.06. The van der Waals surface area contributed by atoms with Crippen molar-refractivity contribution in [2.24, 2.45) is 0 Å². The number of carbonyl (C=O) groups excluding carboxylic acids is 1. The van der Waals surface area contributed by atoms with Crippen molar-refractivity contribution in [1.82, 2.24) is 9.55 Å². The van der Waals surface area contributed by atoms with Crippen LogP contribution in [0.15, 0.2) is 42.5 Å². The van der Waals surface area contributed by atoms with Gasteiger partial charge in [0.25, 0.3) is 0 Å². The van der Waals surface area contributed by atoms with E-state index in [1.165, 1.54) is 11.1 Å². The molecule has 0 saturated carbocycles. The molecule has 0 spiro atoms. The van der Waals surface area contributed by atoms with Gasteiger partial charge in [-0.25, -0.2) is 4.98 Å². The first-order chi connectivity index (χ1) is 11.6. The van der Waals surface area contributed by atoms with Gasteiger partial charge in [0.2, 0.25) is 0 Å². The summed E-state index contributed by atoms with van der Waals surface area (Å²) in [5.41, 5.74) is 5.43. The summed E-state index contributed by atoms with van der Waals surface area (Å²) >= 11 is 0. The van der Waals surface area contributed by atoms with E-state index in [9.17, 15) is 4.79 Å². The molecular formula is C21H24N2O. The van der Waals surface area contributed by atoms with Gasteiger partial charge in [0, 0.05) is 24.9 Å². The van der Waals surface area contributed by atoms with E-state index in [4.69, 9.17) is 4.98 Å². The van der Waals surface area contributed by atoms with Crippen molar-refractivity contribution < 1.29 is 4.79 Å². The molecule has 3 heteroatoms. The first kappa shape index (κ1) is 16.4. The molecule has 3 rings (SSSR count). The predicted octanol–water partition coefficient (Wildman–Crippen LogP) is 4.74. The van der Waals surface area contributed by atoms with Gasteiger partial charge >= 0.3 is 0 Å². The summed E-state index contributed by atoms with van der Waals surface area (Å²) in [5.74, 6) is 1.18. The van der Waals surface area contributed by atoms with E-state index in [0.717, 1.165) is 35.4 Å².